The van der Waals surface area contributed by atoms with Gasteiger partial charge in [0.15, 0.2) is 0 Å². The van der Waals surface area contributed by atoms with E-state index >= 15 is 0 Å². The summed E-state index contributed by atoms with van der Waals surface area (Å²) >= 11 is 0. The van der Waals surface area contributed by atoms with Crippen LogP contribution in [0.25, 0.3) is 0 Å². The average molecular weight is 260 g/mol. The second kappa shape index (κ2) is 6.05. The van der Waals surface area contributed by atoms with Gasteiger partial charge in [-0.1, -0.05) is 44.7 Å². The molecule has 0 spiro atoms. The fourth-order valence-corrected chi connectivity index (χ4v) is 2.43. The maximum atomic E-state index is 11.4. The van der Waals surface area contributed by atoms with Crippen LogP contribution in [0.5, 0.6) is 0 Å². The monoisotopic (exact) mass is 260 g/mol. The summed E-state index contributed by atoms with van der Waals surface area (Å²) < 4.78 is 5.07. The van der Waals surface area contributed by atoms with E-state index in [4.69, 9.17) is 4.74 Å². The Balaban J connectivity index is 2.72. The number of carbonyl (C=O) groups is 1. The van der Waals surface area contributed by atoms with Crippen LogP contribution in [0.4, 0.5) is 0 Å². The molecule has 1 unspecified atom stereocenters. The molecule has 19 heavy (non-hydrogen) atoms. The van der Waals surface area contributed by atoms with Crippen molar-refractivity contribution in [2.24, 2.45) is 11.3 Å². The van der Waals surface area contributed by atoms with Gasteiger partial charge in [0.2, 0.25) is 0 Å². The van der Waals surface area contributed by atoms with Gasteiger partial charge >= 0.3 is 5.97 Å². The molecule has 1 aliphatic carbocycles. The van der Waals surface area contributed by atoms with Crippen LogP contribution in [0.1, 0.15) is 40.5 Å². The molecule has 2 nitrogen and oxygen atoms in total. The molecule has 0 fully saturated rings. The molecule has 104 valence electrons. The van der Waals surface area contributed by atoms with E-state index in [1.54, 1.807) is 13.0 Å². The van der Waals surface area contributed by atoms with Crippen molar-refractivity contribution in [2.75, 3.05) is 0 Å². The van der Waals surface area contributed by atoms with Crippen LogP contribution in [0.15, 0.2) is 48.3 Å². The van der Waals surface area contributed by atoms with Gasteiger partial charge in [0.25, 0.3) is 0 Å². The molecule has 0 radical (unpaired) electrons. The van der Waals surface area contributed by atoms with Gasteiger partial charge in [-0.25, -0.2) is 4.79 Å². The summed E-state index contributed by atoms with van der Waals surface area (Å²) in [6.07, 6.45) is 8.45. The zero-order chi connectivity index (χ0) is 14.6. The number of ether oxygens (including phenoxy) is 1. The molecule has 1 atom stereocenters. The second-order valence-corrected chi connectivity index (χ2v) is 5.95. The van der Waals surface area contributed by atoms with E-state index in [1.165, 1.54) is 5.57 Å². The molecule has 2 heteroatoms. The maximum absolute atomic E-state index is 11.4. The van der Waals surface area contributed by atoms with E-state index < -0.39 is 5.97 Å². The van der Waals surface area contributed by atoms with Gasteiger partial charge in [-0.05, 0) is 38.2 Å². The van der Waals surface area contributed by atoms with Crippen molar-refractivity contribution < 1.29 is 9.53 Å². The summed E-state index contributed by atoms with van der Waals surface area (Å²) in [5.41, 5.74) is 1.98. The predicted molar refractivity (Wildman–Crippen MR) is 79.4 cm³/mol. The van der Waals surface area contributed by atoms with Crippen LogP contribution < -0.4 is 0 Å². The number of hydrogen-bond acceptors (Lipinski definition) is 2. The molecule has 0 aliphatic heterocycles. The fraction of sp³-hybridized carbons (Fsp3) is 0.471. The van der Waals surface area contributed by atoms with Crippen molar-refractivity contribution in [1.29, 1.82) is 0 Å². The first-order valence-corrected chi connectivity index (χ1v) is 6.65. The number of carbonyl (C=O) groups excluding carboxylic acids is 1. The van der Waals surface area contributed by atoms with Gasteiger partial charge in [0.05, 0.1) is 0 Å². The first-order chi connectivity index (χ1) is 8.74. The number of allylic oxidation sites excluding steroid dienone is 4. The third kappa shape index (κ3) is 4.23. The Morgan fingerprint density at radius 1 is 1.47 bits per heavy atom. The molecule has 0 saturated heterocycles. The summed E-state index contributed by atoms with van der Waals surface area (Å²) in [6.45, 7) is 15.6. The van der Waals surface area contributed by atoms with Crippen LogP contribution in [-0.4, -0.2) is 5.97 Å². The Labute approximate surface area is 116 Å². The molecular weight excluding hydrogens is 236 g/mol. The largest absolute Gasteiger partial charge is 0.424 e. The van der Waals surface area contributed by atoms with Crippen molar-refractivity contribution in [3.63, 3.8) is 0 Å². The summed E-state index contributed by atoms with van der Waals surface area (Å²) in [7, 11) is 0. The highest BCUT2D eigenvalue weighted by atomic mass is 16.5. The van der Waals surface area contributed by atoms with E-state index in [0.717, 1.165) is 12.8 Å². The first kappa shape index (κ1) is 15.5. The lowest BCUT2D eigenvalue weighted by molar-refractivity contribution is -0.134. The van der Waals surface area contributed by atoms with E-state index in [0.29, 0.717) is 17.3 Å². The van der Waals surface area contributed by atoms with Crippen LogP contribution in [0.2, 0.25) is 0 Å². The van der Waals surface area contributed by atoms with E-state index in [2.05, 4.69) is 46.1 Å². The lowest BCUT2D eigenvalue weighted by atomic mass is 9.68. The van der Waals surface area contributed by atoms with Gasteiger partial charge in [0, 0.05) is 11.5 Å². The van der Waals surface area contributed by atoms with Gasteiger partial charge in [-0.2, -0.15) is 0 Å². The Kier molecular flexibility index (Phi) is 4.93. The molecule has 0 amide bonds. The standard InChI is InChI=1S/C17H24O2/c1-12(2)16(18)19-14(4)9-10-15-13(3)8-7-11-17(15,5)6/h8-10,15H,1,4,7,11H2,2-3,5-6H3/b10-9+. The highest BCUT2D eigenvalue weighted by molar-refractivity contribution is 5.87. The lowest BCUT2D eigenvalue weighted by Crippen LogP contribution is -2.26. The molecule has 0 bridgehead atoms. The molecule has 1 aliphatic rings. The van der Waals surface area contributed by atoms with Crippen LogP contribution in [0.3, 0.4) is 0 Å². The minimum atomic E-state index is -0.426. The quantitative estimate of drug-likeness (QED) is 0.243. The van der Waals surface area contributed by atoms with Gasteiger partial charge in [0.1, 0.15) is 5.76 Å². The third-order valence-corrected chi connectivity index (χ3v) is 3.63. The van der Waals surface area contributed by atoms with Crippen LogP contribution >= 0.6 is 0 Å². The lowest BCUT2D eigenvalue weighted by Gasteiger charge is -2.36. The zero-order valence-corrected chi connectivity index (χ0v) is 12.5. The van der Waals surface area contributed by atoms with Gasteiger partial charge in [-0.15, -0.1) is 0 Å². The highest BCUT2D eigenvalue weighted by Gasteiger charge is 2.30. The predicted octanol–water partition coefficient (Wildman–Crippen LogP) is 4.56. The molecule has 0 N–H and O–H groups in total. The van der Waals surface area contributed by atoms with Gasteiger partial charge in [-0.3, -0.25) is 0 Å². The Bertz CT molecular complexity index is 450. The zero-order valence-electron chi connectivity index (χ0n) is 12.5. The Morgan fingerprint density at radius 3 is 2.63 bits per heavy atom. The fourth-order valence-electron chi connectivity index (χ4n) is 2.43. The second-order valence-electron chi connectivity index (χ2n) is 5.95. The van der Waals surface area contributed by atoms with Crippen molar-refractivity contribution in [3.8, 4) is 0 Å². The average Bonchev–Trinajstić information content (AvgIpc) is 2.27. The van der Waals surface area contributed by atoms with Crippen LogP contribution in [-0.2, 0) is 9.53 Å². The Hall–Kier alpha value is -1.57. The molecule has 0 aromatic rings. The molecular formula is C17H24O2. The summed E-state index contributed by atoms with van der Waals surface area (Å²) in [4.78, 5) is 11.4. The van der Waals surface area contributed by atoms with Crippen LogP contribution in [0, 0.1) is 11.3 Å². The summed E-state index contributed by atoms with van der Waals surface area (Å²) in [5, 5.41) is 0. The van der Waals surface area contributed by atoms with Crippen molar-refractivity contribution in [3.05, 3.63) is 48.3 Å². The molecule has 0 saturated carbocycles. The molecule has 0 heterocycles. The molecule has 0 aromatic heterocycles. The summed E-state index contributed by atoms with van der Waals surface area (Å²) in [5.74, 6) is 0.300. The van der Waals surface area contributed by atoms with E-state index in [9.17, 15) is 4.79 Å². The molecule has 0 aromatic carbocycles. The Morgan fingerprint density at radius 2 is 2.11 bits per heavy atom. The van der Waals surface area contributed by atoms with Crippen molar-refractivity contribution in [1.82, 2.24) is 0 Å². The maximum Gasteiger partial charge on any atom is 0.338 e. The summed E-state index contributed by atoms with van der Waals surface area (Å²) in [6, 6.07) is 0. The number of rotatable bonds is 4. The SMILES string of the molecule is C=C(/C=C/C1C(C)=CCCC1(C)C)OC(=O)C(=C)C. The van der Waals surface area contributed by atoms with Gasteiger partial charge < -0.3 is 4.74 Å². The van der Waals surface area contributed by atoms with Crippen molar-refractivity contribution >= 4 is 5.97 Å². The smallest absolute Gasteiger partial charge is 0.338 e. The highest BCUT2D eigenvalue weighted by Crippen LogP contribution is 2.41. The number of esters is 1. The normalized spacial score (nSPS) is 21.9. The first-order valence-electron chi connectivity index (χ1n) is 6.65. The van der Waals surface area contributed by atoms with E-state index in [1.807, 2.05) is 0 Å². The minimum absolute atomic E-state index is 0.230. The topological polar surface area (TPSA) is 26.3 Å². The third-order valence-electron chi connectivity index (χ3n) is 3.63. The van der Waals surface area contributed by atoms with Crippen molar-refractivity contribution in [2.45, 2.75) is 40.5 Å². The minimum Gasteiger partial charge on any atom is -0.424 e. The molecule has 1 rings (SSSR count). The van der Waals surface area contributed by atoms with E-state index in [-0.39, 0.29) is 5.41 Å². The number of hydrogen-bond donors (Lipinski definition) is 0.